The molecule has 0 aliphatic carbocycles. The van der Waals surface area contributed by atoms with Gasteiger partial charge in [-0.2, -0.15) is 0 Å². The Morgan fingerprint density at radius 2 is 1.94 bits per heavy atom. The van der Waals surface area contributed by atoms with Gasteiger partial charge in [-0.25, -0.2) is 4.98 Å². The van der Waals surface area contributed by atoms with Gasteiger partial charge in [-0.15, -0.1) is 0 Å². The summed E-state index contributed by atoms with van der Waals surface area (Å²) in [6, 6.07) is 16.1. The van der Waals surface area contributed by atoms with E-state index >= 15 is 0 Å². The Balaban J connectivity index is 1.34. The Labute approximate surface area is 183 Å². The van der Waals surface area contributed by atoms with Crippen LogP contribution in [0.4, 0.5) is 5.69 Å². The van der Waals surface area contributed by atoms with Gasteiger partial charge >= 0.3 is 0 Å². The number of likely N-dealkylation sites (tertiary alicyclic amines) is 1. The van der Waals surface area contributed by atoms with Crippen molar-refractivity contribution < 1.29 is 9.90 Å². The fourth-order valence-electron chi connectivity index (χ4n) is 4.15. The van der Waals surface area contributed by atoms with E-state index in [1.165, 1.54) is 11.1 Å². The third-order valence-electron chi connectivity index (χ3n) is 6.12. The van der Waals surface area contributed by atoms with E-state index in [9.17, 15) is 9.90 Å². The number of hydrogen-bond acceptors (Lipinski definition) is 4. The SMILES string of the molecule is Cc1ccc(CNc2cccc(C(=O)N3CCC(C(O)c4nccn4C)CC3)c2)cc1. The number of nitrogens with zero attached hydrogens (tertiary/aromatic N) is 3. The number of aryl methyl sites for hydroxylation is 2. The Hall–Kier alpha value is -3.12. The monoisotopic (exact) mass is 418 g/mol. The zero-order valence-corrected chi connectivity index (χ0v) is 18.2. The van der Waals surface area contributed by atoms with E-state index in [1.807, 2.05) is 47.0 Å². The van der Waals surface area contributed by atoms with Crippen LogP contribution in [-0.4, -0.2) is 38.6 Å². The maximum absolute atomic E-state index is 13.0. The largest absolute Gasteiger partial charge is 0.385 e. The second-order valence-corrected chi connectivity index (χ2v) is 8.39. The number of anilines is 1. The lowest BCUT2D eigenvalue weighted by atomic mass is 9.90. The first kappa shape index (κ1) is 21.1. The standard InChI is InChI=1S/C25H30N4O2/c1-18-6-8-19(9-7-18)17-27-22-5-3-4-21(16-22)25(31)29-13-10-20(11-14-29)23(30)24-26-12-15-28(24)2/h3-9,12,15-16,20,23,27,30H,10-11,13-14,17H2,1-2H3. The minimum Gasteiger partial charge on any atom is -0.385 e. The van der Waals surface area contributed by atoms with Crippen molar-refractivity contribution in [3.8, 4) is 0 Å². The molecule has 6 heteroatoms. The summed E-state index contributed by atoms with van der Waals surface area (Å²) in [5.41, 5.74) is 4.08. The molecular formula is C25H30N4O2. The van der Waals surface area contributed by atoms with E-state index in [2.05, 4.69) is 41.5 Å². The molecule has 1 atom stereocenters. The number of amides is 1. The molecule has 2 aromatic carbocycles. The fraction of sp³-hybridized carbons (Fsp3) is 0.360. The summed E-state index contributed by atoms with van der Waals surface area (Å²) in [5.74, 6) is 0.855. The number of carbonyl (C=O) groups is 1. The summed E-state index contributed by atoms with van der Waals surface area (Å²) in [6.07, 6.45) is 4.50. The molecule has 0 radical (unpaired) electrons. The van der Waals surface area contributed by atoms with Crippen LogP contribution in [0.25, 0.3) is 0 Å². The van der Waals surface area contributed by atoms with Crippen LogP contribution in [0.3, 0.4) is 0 Å². The Morgan fingerprint density at radius 1 is 1.19 bits per heavy atom. The van der Waals surface area contributed by atoms with Crippen LogP contribution < -0.4 is 5.32 Å². The highest BCUT2D eigenvalue weighted by atomic mass is 16.3. The van der Waals surface area contributed by atoms with Crippen molar-refractivity contribution in [2.75, 3.05) is 18.4 Å². The molecule has 1 aliphatic rings. The summed E-state index contributed by atoms with van der Waals surface area (Å²) < 4.78 is 1.86. The highest BCUT2D eigenvalue weighted by molar-refractivity contribution is 5.95. The van der Waals surface area contributed by atoms with Crippen molar-refractivity contribution in [2.45, 2.75) is 32.4 Å². The molecule has 2 heterocycles. The lowest BCUT2D eigenvalue weighted by Gasteiger charge is -2.34. The molecule has 0 bridgehead atoms. The van der Waals surface area contributed by atoms with Gasteiger partial charge in [0.25, 0.3) is 5.91 Å². The third kappa shape index (κ3) is 4.97. The van der Waals surface area contributed by atoms with Gasteiger partial charge in [0.1, 0.15) is 11.9 Å². The van der Waals surface area contributed by atoms with Gasteiger partial charge < -0.3 is 19.9 Å². The number of carbonyl (C=O) groups excluding carboxylic acids is 1. The molecule has 1 unspecified atom stereocenters. The minimum atomic E-state index is -0.591. The third-order valence-corrected chi connectivity index (χ3v) is 6.12. The lowest BCUT2D eigenvalue weighted by Crippen LogP contribution is -2.40. The molecule has 1 aliphatic heterocycles. The number of piperidine rings is 1. The highest BCUT2D eigenvalue weighted by Crippen LogP contribution is 2.30. The van der Waals surface area contributed by atoms with Crippen LogP contribution in [0.2, 0.25) is 0 Å². The predicted octanol–water partition coefficient (Wildman–Crippen LogP) is 3.93. The summed E-state index contributed by atoms with van der Waals surface area (Å²) in [7, 11) is 1.89. The van der Waals surface area contributed by atoms with Crippen LogP contribution in [0.5, 0.6) is 0 Å². The summed E-state index contributed by atoms with van der Waals surface area (Å²) >= 11 is 0. The van der Waals surface area contributed by atoms with E-state index < -0.39 is 6.10 Å². The molecule has 6 nitrogen and oxygen atoms in total. The van der Waals surface area contributed by atoms with Crippen LogP contribution in [-0.2, 0) is 13.6 Å². The summed E-state index contributed by atoms with van der Waals surface area (Å²) in [5, 5.41) is 14.1. The maximum Gasteiger partial charge on any atom is 0.253 e. The quantitative estimate of drug-likeness (QED) is 0.636. The topological polar surface area (TPSA) is 70.4 Å². The van der Waals surface area contributed by atoms with Crippen molar-refractivity contribution in [2.24, 2.45) is 13.0 Å². The van der Waals surface area contributed by atoms with Crippen molar-refractivity contribution >= 4 is 11.6 Å². The molecule has 1 aromatic heterocycles. The predicted molar refractivity (Wildman–Crippen MR) is 122 cm³/mol. The van der Waals surface area contributed by atoms with Gasteiger partial charge in [-0.3, -0.25) is 4.79 Å². The van der Waals surface area contributed by atoms with E-state index in [0.717, 1.165) is 18.5 Å². The Morgan fingerprint density at radius 3 is 2.61 bits per heavy atom. The maximum atomic E-state index is 13.0. The molecule has 31 heavy (non-hydrogen) atoms. The molecule has 0 spiro atoms. The van der Waals surface area contributed by atoms with Crippen LogP contribution in [0.1, 0.15) is 46.3 Å². The number of benzene rings is 2. The zero-order valence-electron chi connectivity index (χ0n) is 18.2. The second kappa shape index (κ2) is 9.35. The fourth-order valence-corrected chi connectivity index (χ4v) is 4.15. The number of nitrogens with one attached hydrogen (secondary N) is 1. The average Bonchev–Trinajstić information content (AvgIpc) is 3.24. The average molecular weight is 419 g/mol. The molecule has 4 rings (SSSR count). The van der Waals surface area contributed by atoms with Crippen molar-refractivity contribution in [1.82, 2.24) is 14.5 Å². The van der Waals surface area contributed by atoms with Gasteiger partial charge in [-0.1, -0.05) is 35.9 Å². The smallest absolute Gasteiger partial charge is 0.253 e. The van der Waals surface area contributed by atoms with E-state index in [0.29, 0.717) is 31.0 Å². The van der Waals surface area contributed by atoms with Crippen molar-refractivity contribution in [1.29, 1.82) is 0 Å². The van der Waals surface area contributed by atoms with Crippen molar-refractivity contribution in [3.63, 3.8) is 0 Å². The summed E-state index contributed by atoms with van der Waals surface area (Å²) in [6.45, 7) is 4.08. The van der Waals surface area contributed by atoms with Gasteiger partial charge in [0, 0.05) is 50.3 Å². The van der Waals surface area contributed by atoms with Crippen LogP contribution >= 0.6 is 0 Å². The lowest BCUT2D eigenvalue weighted by molar-refractivity contribution is 0.0420. The van der Waals surface area contributed by atoms with Gasteiger partial charge in [0.15, 0.2) is 0 Å². The molecule has 162 valence electrons. The van der Waals surface area contributed by atoms with E-state index in [-0.39, 0.29) is 11.8 Å². The first-order valence-corrected chi connectivity index (χ1v) is 10.9. The second-order valence-electron chi connectivity index (χ2n) is 8.39. The van der Waals surface area contributed by atoms with Crippen molar-refractivity contribution in [3.05, 3.63) is 83.4 Å². The number of imidazole rings is 1. The molecule has 3 aromatic rings. The molecule has 1 amide bonds. The molecule has 1 saturated heterocycles. The van der Waals surface area contributed by atoms with Crippen LogP contribution in [0.15, 0.2) is 60.9 Å². The number of aromatic nitrogens is 2. The zero-order chi connectivity index (χ0) is 21.8. The minimum absolute atomic E-state index is 0.0453. The number of aliphatic hydroxyl groups excluding tert-OH is 1. The molecule has 0 saturated carbocycles. The van der Waals surface area contributed by atoms with E-state index in [4.69, 9.17) is 0 Å². The van der Waals surface area contributed by atoms with Gasteiger partial charge in [-0.05, 0) is 49.4 Å². The molecule has 2 N–H and O–H groups in total. The number of rotatable bonds is 6. The first-order chi connectivity index (χ1) is 15.0. The molecular weight excluding hydrogens is 388 g/mol. The highest BCUT2D eigenvalue weighted by Gasteiger charge is 2.30. The Kier molecular flexibility index (Phi) is 6.37. The van der Waals surface area contributed by atoms with E-state index in [1.54, 1.807) is 6.20 Å². The first-order valence-electron chi connectivity index (χ1n) is 10.9. The van der Waals surface area contributed by atoms with Gasteiger partial charge in [0.2, 0.25) is 0 Å². The van der Waals surface area contributed by atoms with Crippen LogP contribution in [0, 0.1) is 12.8 Å². The molecule has 1 fully saturated rings. The number of aliphatic hydroxyl groups is 1. The van der Waals surface area contributed by atoms with Gasteiger partial charge in [0.05, 0.1) is 0 Å². The number of hydrogen-bond donors (Lipinski definition) is 2. The Bertz CT molecular complexity index is 1020. The normalized spacial score (nSPS) is 15.6. The summed E-state index contributed by atoms with van der Waals surface area (Å²) in [4.78, 5) is 19.2.